The van der Waals surface area contributed by atoms with E-state index in [1.54, 1.807) is 0 Å². The number of nitrogens with one attached hydrogen (secondary N) is 2. The minimum Gasteiger partial charge on any atom is -0.493 e. The van der Waals surface area contributed by atoms with Crippen molar-refractivity contribution in [2.75, 3.05) is 6.61 Å². The number of carbonyl (C=O) groups is 1. The molecule has 0 saturated heterocycles. The van der Waals surface area contributed by atoms with Crippen LogP contribution in [0.2, 0.25) is 0 Å². The van der Waals surface area contributed by atoms with Gasteiger partial charge in [0.05, 0.1) is 19.2 Å². The molecular weight excluding hydrogens is 318 g/mol. The Labute approximate surface area is 146 Å². The first-order valence-electron chi connectivity index (χ1n) is 8.98. The molecule has 1 aromatic carbocycles. The molecule has 25 heavy (non-hydrogen) atoms. The number of nitrogens with zero attached hydrogens (tertiary/aromatic N) is 3. The van der Waals surface area contributed by atoms with Crippen molar-refractivity contribution in [3.63, 3.8) is 0 Å². The number of amides is 2. The summed E-state index contributed by atoms with van der Waals surface area (Å²) in [6.07, 6.45) is 5.26. The van der Waals surface area contributed by atoms with E-state index in [1.165, 1.54) is 6.42 Å². The van der Waals surface area contributed by atoms with Crippen molar-refractivity contribution in [1.29, 1.82) is 0 Å². The zero-order valence-electron chi connectivity index (χ0n) is 14.2. The lowest BCUT2D eigenvalue weighted by Crippen LogP contribution is -2.39. The summed E-state index contributed by atoms with van der Waals surface area (Å²) in [6.45, 7) is 1.94. The van der Waals surface area contributed by atoms with E-state index in [4.69, 9.17) is 4.74 Å². The quantitative estimate of drug-likeness (QED) is 0.898. The number of aryl methyl sites for hydroxylation is 1. The van der Waals surface area contributed by atoms with Crippen LogP contribution in [0.5, 0.6) is 5.75 Å². The third-order valence-electron chi connectivity index (χ3n) is 4.86. The molecule has 7 heteroatoms. The van der Waals surface area contributed by atoms with Gasteiger partial charge in [0.25, 0.3) is 0 Å². The zero-order valence-corrected chi connectivity index (χ0v) is 14.2. The van der Waals surface area contributed by atoms with Crippen LogP contribution in [0.25, 0.3) is 0 Å². The van der Waals surface area contributed by atoms with Gasteiger partial charge in [0.15, 0.2) is 5.82 Å². The highest BCUT2D eigenvalue weighted by Crippen LogP contribution is 2.31. The minimum absolute atomic E-state index is 0.0273. The first-order valence-corrected chi connectivity index (χ1v) is 8.98. The Hall–Kier alpha value is -2.57. The maximum absolute atomic E-state index is 12.3. The predicted octanol–water partition coefficient (Wildman–Crippen LogP) is 2.33. The largest absolute Gasteiger partial charge is 0.493 e. The third kappa shape index (κ3) is 3.45. The smallest absolute Gasteiger partial charge is 0.315 e. The molecule has 0 spiro atoms. The lowest BCUT2D eigenvalue weighted by Gasteiger charge is -2.26. The zero-order chi connectivity index (χ0) is 17.1. The summed E-state index contributed by atoms with van der Waals surface area (Å²) in [6, 6.07) is 7.63. The molecule has 2 aromatic rings. The number of carbonyl (C=O) groups excluding carboxylic acids is 1. The van der Waals surface area contributed by atoms with Crippen LogP contribution in [-0.2, 0) is 19.5 Å². The van der Waals surface area contributed by atoms with Crippen molar-refractivity contribution in [3.8, 4) is 5.75 Å². The molecule has 2 amide bonds. The molecule has 2 aliphatic heterocycles. The molecule has 1 unspecified atom stereocenters. The van der Waals surface area contributed by atoms with Gasteiger partial charge in [0.2, 0.25) is 0 Å². The summed E-state index contributed by atoms with van der Waals surface area (Å²) < 4.78 is 7.78. The fourth-order valence-electron chi connectivity index (χ4n) is 3.54. The number of aromatic nitrogens is 3. The molecule has 2 aliphatic rings. The van der Waals surface area contributed by atoms with Crippen LogP contribution in [0.4, 0.5) is 4.79 Å². The molecule has 1 aromatic heterocycles. The Morgan fingerprint density at radius 1 is 1.24 bits per heavy atom. The van der Waals surface area contributed by atoms with Gasteiger partial charge in [-0.2, -0.15) is 0 Å². The second kappa shape index (κ2) is 7.13. The number of urea groups is 1. The highest BCUT2D eigenvalue weighted by Gasteiger charge is 2.23. The second-order valence-electron chi connectivity index (χ2n) is 6.55. The molecule has 2 N–H and O–H groups in total. The molecule has 0 bridgehead atoms. The SMILES string of the molecule is O=C(NCc1nnc2n1CCCCC2)NC1CCOc2ccccc21. The topological polar surface area (TPSA) is 81.1 Å². The van der Waals surface area contributed by atoms with E-state index in [1.807, 2.05) is 24.3 Å². The number of benzene rings is 1. The van der Waals surface area contributed by atoms with E-state index in [-0.39, 0.29) is 12.1 Å². The van der Waals surface area contributed by atoms with E-state index < -0.39 is 0 Å². The number of para-hydroxylation sites is 1. The predicted molar refractivity (Wildman–Crippen MR) is 92.2 cm³/mol. The van der Waals surface area contributed by atoms with Gasteiger partial charge in [-0.25, -0.2) is 4.79 Å². The average Bonchev–Trinajstić information content (AvgIpc) is 2.86. The summed E-state index contributed by atoms with van der Waals surface area (Å²) in [5.41, 5.74) is 1.03. The van der Waals surface area contributed by atoms with E-state index >= 15 is 0 Å². The van der Waals surface area contributed by atoms with Crippen LogP contribution in [0.1, 0.15) is 48.9 Å². The molecule has 1 atom stereocenters. The fraction of sp³-hybridized carbons (Fsp3) is 0.500. The molecule has 7 nitrogen and oxygen atoms in total. The molecular formula is C18H23N5O2. The van der Waals surface area contributed by atoms with Gasteiger partial charge in [-0.05, 0) is 18.9 Å². The average molecular weight is 341 g/mol. The molecule has 0 radical (unpaired) electrons. The van der Waals surface area contributed by atoms with E-state index in [0.29, 0.717) is 13.2 Å². The van der Waals surface area contributed by atoms with Gasteiger partial charge in [-0.1, -0.05) is 24.6 Å². The van der Waals surface area contributed by atoms with Crippen molar-refractivity contribution in [2.24, 2.45) is 0 Å². The van der Waals surface area contributed by atoms with Crippen molar-refractivity contribution in [2.45, 2.75) is 51.2 Å². The van der Waals surface area contributed by atoms with Gasteiger partial charge in [-0.15, -0.1) is 10.2 Å². The van der Waals surface area contributed by atoms with Crippen LogP contribution in [0, 0.1) is 0 Å². The van der Waals surface area contributed by atoms with Gasteiger partial charge in [0, 0.05) is 24.9 Å². The lowest BCUT2D eigenvalue weighted by molar-refractivity contribution is 0.223. The molecule has 0 fully saturated rings. The Bertz CT molecular complexity index is 758. The van der Waals surface area contributed by atoms with Crippen LogP contribution < -0.4 is 15.4 Å². The first-order chi connectivity index (χ1) is 12.3. The van der Waals surface area contributed by atoms with Gasteiger partial charge in [0.1, 0.15) is 11.6 Å². The van der Waals surface area contributed by atoms with E-state index in [2.05, 4.69) is 25.4 Å². The van der Waals surface area contributed by atoms with Crippen LogP contribution >= 0.6 is 0 Å². The van der Waals surface area contributed by atoms with Crippen molar-refractivity contribution >= 4 is 6.03 Å². The fourth-order valence-corrected chi connectivity index (χ4v) is 3.54. The van der Waals surface area contributed by atoms with E-state index in [0.717, 1.165) is 55.2 Å². The van der Waals surface area contributed by atoms with Crippen molar-refractivity contribution in [1.82, 2.24) is 25.4 Å². The minimum atomic E-state index is -0.187. The summed E-state index contributed by atoms with van der Waals surface area (Å²) in [7, 11) is 0. The molecule has 3 heterocycles. The molecule has 0 aliphatic carbocycles. The summed E-state index contributed by atoms with van der Waals surface area (Å²) in [5, 5.41) is 14.5. The summed E-state index contributed by atoms with van der Waals surface area (Å²) >= 11 is 0. The van der Waals surface area contributed by atoms with Crippen LogP contribution in [0.3, 0.4) is 0 Å². The standard InChI is InChI=1S/C18H23N5O2/c24-18(20-14-9-11-25-15-7-4-3-6-13(14)15)19-12-17-22-21-16-8-2-1-5-10-23(16)17/h3-4,6-7,14H,1-2,5,8-12H2,(H2,19,20,24). The number of hydrogen-bond donors (Lipinski definition) is 2. The number of hydrogen-bond acceptors (Lipinski definition) is 4. The maximum atomic E-state index is 12.3. The lowest BCUT2D eigenvalue weighted by atomic mass is 10.0. The number of rotatable bonds is 3. The summed E-state index contributed by atoms with van der Waals surface area (Å²) in [4.78, 5) is 12.3. The Morgan fingerprint density at radius 3 is 3.12 bits per heavy atom. The monoisotopic (exact) mass is 341 g/mol. The molecule has 0 saturated carbocycles. The highest BCUT2D eigenvalue weighted by molar-refractivity contribution is 5.74. The van der Waals surface area contributed by atoms with E-state index in [9.17, 15) is 4.79 Å². The molecule has 4 rings (SSSR count). The van der Waals surface area contributed by atoms with Crippen LogP contribution in [0.15, 0.2) is 24.3 Å². The Kier molecular flexibility index (Phi) is 4.54. The van der Waals surface area contributed by atoms with Gasteiger partial charge < -0.3 is 19.9 Å². The summed E-state index contributed by atoms with van der Waals surface area (Å²) in [5.74, 6) is 2.72. The Balaban J connectivity index is 1.37. The second-order valence-corrected chi connectivity index (χ2v) is 6.55. The van der Waals surface area contributed by atoms with Gasteiger partial charge >= 0.3 is 6.03 Å². The van der Waals surface area contributed by atoms with Crippen LogP contribution in [-0.4, -0.2) is 27.4 Å². The van der Waals surface area contributed by atoms with Gasteiger partial charge in [-0.3, -0.25) is 0 Å². The highest BCUT2D eigenvalue weighted by atomic mass is 16.5. The third-order valence-corrected chi connectivity index (χ3v) is 4.86. The number of ether oxygens (including phenoxy) is 1. The molecule has 132 valence electrons. The number of fused-ring (bicyclic) bond motifs is 2. The first kappa shape index (κ1) is 15.9. The normalized spacial score (nSPS) is 19.1. The Morgan fingerprint density at radius 2 is 2.16 bits per heavy atom. The maximum Gasteiger partial charge on any atom is 0.315 e. The van der Waals surface area contributed by atoms with Crippen molar-refractivity contribution < 1.29 is 9.53 Å². The van der Waals surface area contributed by atoms with Crippen molar-refractivity contribution in [3.05, 3.63) is 41.5 Å².